The Morgan fingerprint density at radius 2 is 1.84 bits per heavy atom. The molecule has 4 N–H and O–H groups in total. The summed E-state index contributed by atoms with van der Waals surface area (Å²) in [6.07, 6.45) is 0. The Kier molecular flexibility index (Phi) is 5.45. The van der Waals surface area contributed by atoms with Gasteiger partial charge in [0.15, 0.2) is 0 Å². The quantitative estimate of drug-likeness (QED) is 0.372. The Morgan fingerprint density at radius 3 is 2.26 bits per heavy atom. The van der Waals surface area contributed by atoms with Gasteiger partial charge < -0.3 is 9.79 Å². The summed E-state index contributed by atoms with van der Waals surface area (Å²) >= 11 is 0.463. The van der Waals surface area contributed by atoms with Gasteiger partial charge in [-0.25, -0.2) is 14.3 Å². The zero-order chi connectivity index (χ0) is 14.6. The average Bonchev–Trinajstić information content (AvgIpc) is 2.25. The highest BCUT2D eigenvalue weighted by atomic mass is 32.2. The van der Waals surface area contributed by atoms with E-state index >= 15 is 0 Å². The number of hydroxylamine groups is 1. The molecule has 0 aliphatic carbocycles. The number of carbonyl (C=O) groups excluding carboxylic acids is 1. The monoisotopic (exact) mass is 313 g/mol. The van der Waals surface area contributed by atoms with Crippen molar-refractivity contribution in [3.63, 3.8) is 0 Å². The van der Waals surface area contributed by atoms with Crippen LogP contribution in [0.5, 0.6) is 0 Å². The maximum absolute atomic E-state index is 13.0. The van der Waals surface area contributed by atoms with E-state index in [-0.39, 0.29) is 5.56 Å². The van der Waals surface area contributed by atoms with Crippen LogP contribution in [0.2, 0.25) is 0 Å². The molecule has 0 radical (unpaired) electrons. The van der Waals surface area contributed by atoms with Gasteiger partial charge in [0, 0.05) is 6.07 Å². The van der Waals surface area contributed by atoms with E-state index in [4.69, 9.17) is 15.0 Å². The van der Waals surface area contributed by atoms with Crippen molar-refractivity contribution in [1.82, 2.24) is 5.48 Å². The molecule has 10 heteroatoms. The van der Waals surface area contributed by atoms with E-state index in [0.29, 0.717) is 17.8 Å². The van der Waals surface area contributed by atoms with Gasteiger partial charge in [-0.2, -0.15) is 0 Å². The molecule has 1 amide bonds. The summed E-state index contributed by atoms with van der Waals surface area (Å²) in [5, 5.41) is 8.28. The van der Waals surface area contributed by atoms with Crippen LogP contribution in [0.4, 0.5) is 8.78 Å². The Morgan fingerprint density at radius 1 is 1.32 bits per heavy atom. The van der Waals surface area contributed by atoms with E-state index in [1.165, 1.54) is 5.48 Å². The lowest BCUT2D eigenvalue weighted by Crippen LogP contribution is -2.21. The molecule has 19 heavy (non-hydrogen) atoms. The van der Waals surface area contributed by atoms with Gasteiger partial charge in [0.1, 0.15) is 16.6 Å². The minimum atomic E-state index is -4.74. The van der Waals surface area contributed by atoms with Crippen LogP contribution in [-0.2, 0) is 9.36 Å². The third-order valence-corrected chi connectivity index (χ3v) is 5.17. The fourth-order valence-corrected chi connectivity index (χ4v) is 3.53. The Hall–Kier alpha value is -0.990. The van der Waals surface area contributed by atoms with Crippen LogP contribution in [0.3, 0.4) is 0 Å². The highest BCUT2D eigenvalue weighted by molar-refractivity contribution is 8.05. The molecule has 1 atom stereocenters. The molecule has 1 aromatic carbocycles. The van der Waals surface area contributed by atoms with Crippen molar-refractivity contribution in [2.75, 3.05) is 5.75 Å². The number of carbonyl (C=O) groups is 1. The number of thioether (sulfide) groups is 1. The molecule has 0 aliphatic rings. The maximum atomic E-state index is 13.0. The number of nitrogens with one attached hydrogen (secondary N) is 1. The van der Waals surface area contributed by atoms with Gasteiger partial charge in [0.25, 0.3) is 5.91 Å². The van der Waals surface area contributed by atoms with Crippen molar-refractivity contribution in [2.45, 2.75) is 4.99 Å². The van der Waals surface area contributed by atoms with Crippen molar-refractivity contribution in [2.24, 2.45) is 0 Å². The van der Waals surface area contributed by atoms with Gasteiger partial charge in [-0.05, 0) is 17.7 Å². The van der Waals surface area contributed by atoms with Crippen molar-refractivity contribution >= 4 is 25.3 Å². The van der Waals surface area contributed by atoms with Crippen LogP contribution in [0.25, 0.3) is 0 Å². The largest absolute Gasteiger partial charge is 0.342 e. The fraction of sp³-hybridized carbons (Fsp3) is 0.222. The van der Waals surface area contributed by atoms with Crippen LogP contribution >= 0.6 is 19.4 Å². The molecular formula is C9H10F2NO5PS. The van der Waals surface area contributed by atoms with Crippen molar-refractivity contribution in [1.29, 1.82) is 0 Å². The Balaban J connectivity index is 3.03. The van der Waals surface area contributed by atoms with Gasteiger partial charge in [0.2, 0.25) is 0 Å². The Bertz CT molecular complexity index is 503. The highest BCUT2D eigenvalue weighted by Crippen LogP contribution is 2.58. The van der Waals surface area contributed by atoms with Gasteiger partial charge in [0.05, 0.1) is 5.75 Å². The molecule has 106 valence electrons. The summed E-state index contributed by atoms with van der Waals surface area (Å²) in [6.45, 7) is 0. The molecule has 1 unspecified atom stereocenters. The van der Waals surface area contributed by atoms with Crippen molar-refractivity contribution in [3.05, 3.63) is 35.4 Å². The summed E-state index contributed by atoms with van der Waals surface area (Å²) in [4.78, 5) is 27.5. The smallest absolute Gasteiger partial charge is 0.323 e. The number of benzene rings is 1. The minimum absolute atomic E-state index is 0.276. The first-order valence-corrected chi connectivity index (χ1v) is 7.53. The van der Waals surface area contributed by atoms with E-state index in [0.717, 1.165) is 12.1 Å². The topological polar surface area (TPSA) is 107 Å². The standard InChI is InChI=1S/C9H10F2NO5PS/c10-6-1-5(2-7(11)3-6)9(18(15,16)17)19-4-8(13)12-14/h1-3,9,14H,4H2,(H,12,13)(H2,15,16,17). The van der Waals surface area contributed by atoms with Gasteiger partial charge >= 0.3 is 7.60 Å². The molecule has 1 rings (SSSR count). The second kappa shape index (κ2) is 6.44. The molecular weight excluding hydrogens is 303 g/mol. The summed E-state index contributed by atoms with van der Waals surface area (Å²) in [7, 11) is -4.74. The first-order valence-electron chi connectivity index (χ1n) is 4.80. The molecule has 0 spiro atoms. The van der Waals surface area contributed by atoms with Crippen LogP contribution < -0.4 is 5.48 Å². The number of amides is 1. The summed E-state index contributed by atoms with van der Waals surface area (Å²) < 4.78 is 37.3. The zero-order valence-corrected chi connectivity index (χ0v) is 11.0. The lowest BCUT2D eigenvalue weighted by Gasteiger charge is -2.18. The number of halogens is 2. The summed E-state index contributed by atoms with van der Waals surface area (Å²) in [5.41, 5.74) is 1.01. The average molecular weight is 313 g/mol. The van der Waals surface area contributed by atoms with Gasteiger partial charge in [-0.15, -0.1) is 11.8 Å². The predicted octanol–water partition coefficient (Wildman–Crippen LogP) is 1.38. The highest BCUT2D eigenvalue weighted by Gasteiger charge is 2.32. The zero-order valence-electron chi connectivity index (χ0n) is 9.29. The maximum Gasteiger partial charge on any atom is 0.342 e. The fourth-order valence-electron chi connectivity index (χ4n) is 1.29. The number of hydrogen-bond donors (Lipinski definition) is 4. The second-order valence-corrected chi connectivity index (χ2v) is 6.63. The SMILES string of the molecule is O=C(CSC(c1cc(F)cc(F)c1)P(=O)(O)O)NO. The van der Waals surface area contributed by atoms with Crippen molar-refractivity contribution in [3.8, 4) is 0 Å². The molecule has 0 aliphatic heterocycles. The van der Waals surface area contributed by atoms with E-state index in [1.807, 2.05) is 0 Å². The van der Waals surface area contributed by atoms with Crippen LogP contribution in [0.1, 0.15) is 10.6 Å². The van der Waals surface area contributed by atoms with Crippen LogP contribution in [-0.4, -0.2) is 26.7 Å². The van der Waals surface area contributed by atoms with Gasteiger partial charge in [-0.1, -0.05) is 0 Å². The summed E-state index contributed by atoms with van der Waals surface area (Å²) in [6, 6.07) is 2.11. The molecule has 0 saturated carbocycles. The molecule has 6 nitrogen and oxygen atoms in total. The van der Waals surface area contributed by atoms with E-state index in [2.05, 4.69) is 0 Å². The molecule has 0 heterocycles. The van der Waals surface area contributed by atoms with Crippen molar-refractivity contribution < 1.29 is 33.1 Å². The lowest BCUT2D eigenvalue weighted by atomic mass is 10.2. The molecule has 0 saturated heterocycles. The predicted molar refractivity (Wildman–Crippen MR) is 63.5 cm³/mol. The minimum Gasteiger partial charge on any atom is -0.323 e. The van der Waals surface area contributed by atoms with Gasteiger partial charge in [-0.3, -0.25) is 14.6 Å². The van der Waals surface area contributed by atoms with E-state index < -0.39 is 35.9 Å². The first kappa shape index (κ1) is 16.1. The second-order valence-electron chi connectivity index (χ2n) is 3.49. The molecule has 0 bridgehead atoms. The molecule has 0 aromatic heterocycles. The first-order chi connectivity index (χ1) is 8.74. The number of rotatable bonds is 5. The lowest BCUT2D eigenvalue weighted by molar-refractivity contribution is -0.126. The van der Waals surface area contributed by atoms with E-state index in [9.17, 15) is 18.1 Å². The number of hydrogen-bond acceptors (Lipinski definition) is 4. The third kappa shape index (κ3) is 4.88. The Labute approximate surface area is 110 Å². The van der Waals surface area contributed by atoms with Crippen LogP contribution in [0, 0.1) is 11.6 Å². The van der Waals surface area contributed by atoms with E-state index in [1.54, 1.807) is 0 Å². The van der Waals surface area contributed by atoms with Crippen LogP contribution in [0.15, 0.2) is 18.2 Å². The third-order valence-electron chi connectivity index (χ3n) is 1.97. The summed E-state index contributed by atoms with van der Waals surface area (Å²) in [5.74, 6) is -3.34. The normalized spacial score (nSPS) is 13.1. The molecule has 0 fully saturated rings. The molecule has 1 aromatic rings.